The fraction of sp³-hybridized carbons (Fsp3) is 0.440. The third-order valence-corrected chi connectivity index (χ3v) is 6.49. The Morgan fingerprint density at radius 2 is 2.03 bits per heavy atom. The van der Waals surface area contributed by atoms with Crippen molar-refractivity contribution in [1.82, 2.24) is 20.2 Å². The largest absolute Gasteiger partial charge is 0.495 e. The molecule has 2 amide bonds. The Kier molecular flexibility index (Phi) is 7.50. The van der Waals surface area contributed by atoms with Crippen LogP contribution in [0.3, 0.4) is 0 Å². The zero-order valence-electron chi connectivity index (χ0n) is 20.6. The van der Waals surface area contributed by atoms with Crippen molar-refractivity contribution in [2.24, 2.45) is 0 Å². The van der Waals surface area contributed by atoms with Gasteiger partial charge in [-0.2, -0.15) is 4.98 Å². The minimum atomic E-state index is -0.113. The molecule has 0 radical (unpaired) electrons. The van der Waals surface area contributed by atoms with Crippen LogP contribution in [0, 0.1) is 0 Å². The second-order valence-electron chi connectivity index (χ2n) is 8.93. The van der Waals surface area contributed by atoms with Crippen LogP contribution in [-0.4, -0.2) is 80.1 Å². The molecule has 2 aromatic rings. The summed E-state index contributed by atoms with van der Waals surface area (Å²) in [6, 6.07) is 5.44. The van der Waals surface area contributed by atoms with Gasteiger partial charge < -0.3 is 30.1 Å². The summed E-state index contributed by atoms with van der Waals surface area (Å²) >= 11 is 0. The number of piperidine rings is 1. The van der Waals surface area contributed by atoms with Gasteiger partial charge in [0.2, 0.25) is 11.9 Å². The number of rotatable bonds is 7. The van der Waals surface area contributed by atoms with E-state index >= 15 is 0 Å². The van der Waals surface area contributed by atoms with E-state index in [0.29, 0.717) is 54.0 Å². The van der Waals surface area contributed by atoms with Gasteiger partial charge in [-0.1, -0.05) is 6.08 Å². The molecule has 0 atom stereocenters. The van der Waals surface area contributed by atoms with Crippen LogP contribution in [-0.2, 0) is 4.79 Å². The SMILES string of the molecule is C=CCN1CCC(=O)N(C)c2cnc(Nc3ccc(C(=O)NC4CCN(C)CC4)cc3OC)nc21. The standard InChI is InChI=1S/C25H33N7O3/c1-5-11-32-14-10-22(33)31(3)20-16-26-25(29-23(20)32)28-19-7-6-17(15-21(19)35-4)24(34)27-18-8-12-30(2)13-9-18/h5-7,15-16,18H,1,8-14H2,2-4H3,(H,27,34)(H,26,28,29). The van der Waals surface area contributed by atoms with Crippen molar-refractivity contribution in [3.63, 3.8) is 0 Å². The van der Waals surface area contributed by atoms with E-state index in [-0.39, 0.29) is 17.9 Å². The first-order chi connectivity index (χ1) is 16.9. The van der Waals surface area contributed by atoms with Crippen LogP contribution in [0.15, 0.2) is 37.1 Å². The highest BCUT2D eigenvalue weighted by molar-refractivity contribution is 5.97. The van der Waals surface area contributed by atoms with Gasteiger partial charge in [0.15, 0.2) is 5.82 Å². The molecule has 2 aliphatic rings. The van der Waals surface area contributed by atoms with Crippen molar-refractivity contribution in [2.75, 3.05) is 62.5 Å². The third kappa shape index (κ3) is 5.54. The summed E-state index contributed by atoms with van der Waals surface area (Å²) in [6.45, 7) is 6.89. The topological polar surface area (TPSA) is 103 Å². The van der Waals surface area contributed by atoms with Crippen LogP contribution >= 0.6 is 0 Å². The molecule has 2 N–H and O–H groups in total. The highest BCUT2D eigenvalue weighted by atomic mass is 16.5. The van der Waals surface area contributed by atoms with Crippen LogP contribution in [0.2, 0.25) is 0 Å². The molecule has 3 heterocycles. The normalized spacial score (nSPS) is 16.9. The molecule has 10 nitrogen and oxygen atoms in total. The summed E-state index contributed by atoms with van der Waals surface area (Å²) in [6.07, 6.45) is 5.70. The number of anilines is 4. The number of carbonyl (C=O) groups excluding carboxylic acids is 2. The molecule has 1 aromatic heterocycles. The Labute approximate surface area is 206 Å². The van der Waals surface area contributed by atoms with Gasteiger partial charge in [0.25, 0.3) is 5.91 Å². The summed E-state index contributed by atoms with van der Waals surface area (Å²) < 4.78 is 5.55. The predicted molar refractivity (Wildman–Crippen MR) is 137 cm³/mol. The summed E-state index contributed by atoms with van der Waals surface area (Å²) in [5.74, 6) is 1.43. The molecule has 0 saturated carbocycles. The van der Waals surface area contributed by atoms with Gasteiger partial charge in [0, 0.05) is 38.2 Å². The zero-order chi connectivity index (χ0) is 24.9. The summed E-state index contributed by atoms with van der Waals surface area (Å²) in [5, 5.41) is 6.32. The number of amides is 2. The average molecular weight is 480 g/mol. The lowest BCUT2D eigenvalue weighted by atomic mass is 10.0. The van der Waals surface area contributed by atoms with Crippen LogP contribution in [0.25, 0.3) is 0 Å². The first-order valence-electron chi connectivity index (χ1n) is 11.8. The zero-order valence-corrected chi connectivity index (χ0v) is 20.6. The smallest absolute Gasteiger partial charge is 0.251 e. The van der Waals surface area contributed by atoms with Gasteiger partial charge >= 0.3 is 0 Å². The number of nitrogens with zero attached hydrogens (tertiary/aromatic N) is 5. The van der Waals surface area contributed by atoms with E-state index in [9.17, 15) is 9.59 Å². The van der Waals surface area contributed by atoms with Crippen molar-refractivity contribution in [3.05, 3.63) is 42.6 Å². The summed E-state index contributed by atoms with van der Waals surface area (Å²) in [4.78, 5) is 40.1. The van der Waals surface area contributed by atoms with Crippen molar-refractivity contribution in [3.8, 4) is 5.75 Å². The van der Waals surface area contributed by atoms with E-state index in [0.717, 1.165) is 25.9 Å². The number of hydrogen-bond donors (Lipinski definition) is 2. The predicted octanol–water partition coefficient (Wildman–Crippen LogP) is 2.41. The molecule has 0 bridgehead atoms. The van der Waals surface area contributed by atoms with E-state index in [4.69, 9.17) is 9.72 Å². The van der Waals surface area contributed by atoms with Crippen LogP contribution in [0.1, 0.15) is 29.6 Å². The first kappa shape index (κ1) is 24.5. The molecule has 0 unspecified atom stereocenters. The number of methoxy groups -OCH3 is 1. The van der Waals surface area contributed by atoms with Gasteiger partial charge in [0.05, 0.1) is 19.0 Å². The minimum absolute atomic E-state index is 0.0119. The number of likely N-dealkylation sites (tertiary alicyclic amines) is 1. The Morgan fingerprint density at radius 1 is 1.26 bits per heavy atom. The highest BCUT2D eigenvalue weighted by Crippen LogP contribution is 2.33. The van der Waals surface area contributed by atoms with Gasteiger partial charge in [-0.15, -0.1) is 6.58 Å². The van der Waals surface area contributed by atoms with Gasteiger partial charge in [0.1, 0.15) is 11.4 Å². The van der Waals surface area contributed by atoms with Crippen LogP contribution < -0.4 is 25.2 Å². The molecule has 1 saturated heterocycles. The highest BCUT2D eigenvalue weighted by Gasteiger charge is 2.26. The molecule has 1 fully saturated rings. The first-order valence-corrected chi connectivity index (χ1v) is 11.8. The van der Waals surface area contributed by atoms with Gasteiger partial charge in [-0.3, -0.25) is 9.59 Å². The molecule has 0 aliphatic carbocycles. The van der Waals surface area contributed by atoms with E-state index in [1.807, 2.05) is 4.90 Å². The number of benzene rings is 1. The van der Waals surface area contributed by atoms with Crippen molar-refractivity contribution in [2.45, 2.75) is 25.3 Å². The lowest BCUT2D eigenvalue weighted by Gasteiger charge is -2.29. The van der Waals surface area contributed by atoms with E-state index in [2.05, 4.69) is 34.1 Å². The Hall–Kier alpha value is -3.66. The molecule has 2 aliphatic heterocycles. The van der Waals surface area contributed by atoms with E-state index in [1.165, 1.54) is 0 Å². The van der Waals surface area contributed by atoms with E-state index in [1.54, 1.807) is 49.5 Å². The lowest BCUT2D eigenvalue weighted by molar-refractivity contribution is -0.118. The maximum Gasteiger partial charge on any atom is 0.251 e. The molecular weight excluding hydrogens is 446 g/mol. The van der Waals surface area contributed by atoms with Crippen molar-refractivity contribution in [1.29, 1.82) is 0 Å². The fourth-order valence-electron chi connectivity index (χ4n) is 4.35. The number of nitrogens with one attached hydrogen (secondary N) is 2. The number of aromatic nitrogens is 2. The second kappa shape index (κ2) is 10.7. The van der Waals surface area contributed by atoms with E-state index < -0.39 is 0 Å². The lowest BCUT2D eigenvalue weighted by Crippen LogP contribution is -2.43. The van der Waals surface area contributed by atoms with Crippen LogP contribution in [0.5, 0.6) is 5.75 Å². The molecule has 0 spiro atoms. The maximum absolute atomic E-state index is 12.8. The summed E-state index contributed by atoms with van der Waals surface area (Å²) in [5.41, 5.74) is 1.82. The molecule has 35 heavy (non-hydrogen) atoms. The summed E-state index contributed by atoms with van der Waals surface area (Å²) in [7, 11) is 5.38. The third-order valence-electron chi connectivity index (χ3n) is 6.49. The van der Waals surface area contributed by atoms with Crippen LogP contribution in [0.4, 0.5) is 23.1 Å². The number of ether oxygens (including phenoxy) is 1. The Morgan fingerprint density at radius 3 is 2.74 bits per heavy atom. The Bertz CT molecular complexity index is 1100. The molecular formula is C25H33N7O3. The minimum Gasteiger partial charge on any atom is -0.495 e. The monoisotopic (exact) mass is 479 g/mol. The quantitative estimate of drug-likeness (QED) is 0.584. The van der Waals surface area contributed by atoms with Gasteiger partial charge in [-0.05, 0) is 51.2 Å². The molecule has 186 valence electrons. The fourth-order valence-corrected chi connectivity index (χ4v) is 4.35. The average Bonchev–Trinajstić information content (AvgIpc) is 2.98. The van der Waals surface area contributed by atoms with Crippen molar-refractivity contribution < 1.29 is 14.3 Å². The van der Waals surface area contributed by atoms with Crippen molar-refractivity contribution >= 4 is 35.0 Å². The second-order valence-corrected chi connectivity index (χ2v) is 8.93. The van der Waals surface area contributed by atoms with Gasteiger partial charge in [-0.25, -0.2) is 4.98 Å². The molecule has 10 heteroatoms. The Balaban J connectivity index is 1.53. The maximum atomic E-state index is 12.8. The number of carbonyl (C=O) groups is 2. The molecule has 4 rings (SSSR count). The molecule has 1 aromatic carbocycles. The number of hydrogen-bond acceptors (Lipinski definition) is 8. The number of fused-ring (bicyclic) bond motifs is 1.